The molecule has 9 heteroatoms. The molecular formula is C30H41NO8. The normalized spacial score (nSPS) is 22.2. The molecule has 1 amide bonds. The van der Waals surface area contributed by atoms with Crippen LogP contribution in [-0.2, 0) is 23.7 Å². The molecule has 0 unspecified atom stereocenters. The van der Waals surface area contributed by atoms with E-state index in [4.69, 9.17) is 28.5 Å². The quantitative estimate of drug-likeness (QED) is 0.401. The number of nitrogens with zero attached hydrogens (tertiary/aromatic N) is 1. The highest BCUT2D eigenvalue weighted by molar-refractivity contribution is 5.92. The molecule has 0 aliphatic carbocycles. The lowest BCUT2D eigenvalue weighted by Crippen LogP contribution is -2.42. The molecule has 0 spiro atoms. The van der Waals surface area contributed by atoms with Crippen molar-refractivity contribution in [2.45, 2.75) is 57.7 Å². The van der Waals surface area contributed by atoms with Crippen molar-refractivity contribution in [2.24, 2.45) is 5.92 Å². The van der Waals surface area contributed by atoms with Crippen molar-refractivity contribution in [3.8, 4) is 0 Å². The molecule has 0 bridgehead atoms. The molecule has 1 N–H and O–H groups in total. The first-order valence-corrected chi connectivity index (χ1v) is 14.2. The Morgan fingerprint density at radius 1 is 1.03 bits per heavy atom. The summed E-state index contributed by atoms with van der Waals surface area (Å²) < 4.78 is 29.2. The van der Waals surface area contributed by atoms with E-state index in [-0.39, 0.29) is 36.2 Å². The predicted molar refractivity (Wildman–Crippen MR) is 146 cm³/mol. The zero-order chi connectivity index (χ0) is 27.5. The Morgan fingerprint density at radius 3 is 2.49 bits per heavy atom. The van der Waals surface area contributed by atoms with E-state index in [9.17, 15) is 9.59 Å². The van der Waals surface area contributed by atoms with E-state index >= 15 is 0 Å². The number of likely N-dealkylation sites (tertiary alicyclic amines) is 1. The molecule has 1 aromatic carbocycles. The van der Waals surface area contributed by atoms with Crippen LogP contribution in [0.2, 0.25) is 0 Å². The van der Waals surface area contributed by atoms with Gasteiger partial charge in [0.1, 0.15) is 5.58 Å². The van der Waals surface area contributed by atoms with Crippen LogP contribution in [0.4, 0.5) is 0 Å². The predicted octanol–water partition coefficient (Wildman–Crippen LogP) is 3.98. The minimum Gasteiger partial charge on any atom is -0.464 e. The molecule has 3 heterocycles. The summed E-state index contributed by atoms with van der Waals surface area (Å²) >= 11 is 0. The SMILES string of the molecule is CCO[C@H]1OC(C(=O)N2CCCCCCC2)=C[C@@H](c2coc3ccccc3c2=O)[C@H]1CCOCCOCCO. The van der Waals surface area contributed by atoms with Crippen LogP contribution in [-0.4, -0.2) is 74.9 Å². The lowest BCUT2D eigenvalue weighted by atomic mass is 9.81. The van der Waals surface area contributed by atoms with Crippen molar-refractivity contribution >= 4 is 16.9 Å². The molecular weight excluding hydrogens is 502 g/mol. The van der Waals surface area contributed by atoms with E-state index in [2.05, 4.69) is 0 Å². The second-order valence-electron chi connectivity index (χ2n) is 9.98. The fraction of sp³-hybridized carbons (Fsp3) is 0.600. The van der Waals surface area contributed by atoms with Crippen LogP contribution in [0.1, 0.15) is 56.9 Å². The molecule has 0 saturated carbocycles. The van der Waals surface area contributed by atoms with E-state index in [1.165, 1.54) is 12.7 Å². The second-order valence-corrected chi connectivity index (χ2v) is 9.98. The Bertz CT molecular complexity index is 1140. The number of hydrogen-bond acceptors (Lipinski definition) is 8. The van der Waals surface area contributed by atoms with Gasteiger partial charge in [-0.15, -0.1) is 0 Å². The van der Waals surface area contributed by atoms with Gasteiger partial charge in [0, 0.05) is 43.7 Å². The monoisotopic (exact) mass is 543 g/mol. The zero-order valence-corrected chi connectivity index (χ0v) is 22.8. The minimum absolute atomic E-state index is 0.0315. The first-order valence-electron chi connectivity index (χ1n) is 14.2. The van der Waals surface area contributed by atoms with Crippen molar-refractivity contribution in [3.05, 3.63) is 58.2 Å². The van der Waals surface area contributed by atoms with E-state index in [0.717, 1.165) is 25.7 Å². The standard InChI is InChI=1S/C30H41NO8/c1-2-37-30-22(12-16-35-18-19-36-17-15-32)24(25-21-38-26-11-7-6-10-23(26)28(25)33)20-27(39-30)29(34)31-13-8-4-3-5-9-14-31/h6-7,10-11,20-22,24,30,32H,2-5,8-9,12-19H2,1H3/t22-,24-,30+/m1/s1. The molecule has 2 aliphatic heterocycles. The van der Waals surface area contributed by atoms with E-state index in [1.54, 1.807) is 18.2 Å². The lowest BCUT2D eigenvalue weighted by molar-refractivity contribution is -0.172. The third-order valence-electron chi connectivity index (χ3n) is 7.34. The fourth-order valence-corrected chi connectivity index (χ4v) is 5.32. The number of carbonyl (C=O) groups is 1. The number of aliphatic hydroxyl groups is 1. The summed E-state index contributed by atoms with van der Waals surface area (Å²) in [4.78, 5) is 29.2. The molecule has 9 nitrogen and oxygen atoms in total. The van der Waals surface area contributed by atoms with Crippen LogP contribution in [0.3, 0.4) is 0 Å². The average molecular weight is 544 g/mol. The van der Waals surface area contributed by atoms with Gasteiger partial charge in [-0.25, -0.2) is 0 Å². The van der Waals surface area contributed by atoms with Crippen molar-refractivity contribution < 1.29 is 33.3 Å². The molecule has 1 fully saturated rings. The summed E-state index contributed by atoms with van der Waals surface area (Å²) in [5.41, 5.74) is 0.857. The van der Waals surface area contributed by atoms with E-state index < -0.39 is 12.2 Å². The molecule has 1 aromatic heterocycles. The van der Waals surface area contributed by atoms with Crippen LogP contribution in [0.15, 0.2) is 51.6 Å². The maximum atomic E-state index is 13.7. The zero-order valence-electron chi connectivity index (χ0n) is 22.8. The number of amides is 1. The van der Waals surface area contributed by atoms with Gasteiger partial charge in [-0.1, -0.05) is 31.4 Å². The molecule has 2 aromatic rings. The Morgan fingerprint density at radius 2 is 1.74 bits per heavy atom. The first kappa shape index (κ1) is 29.3. The molecule has 2 aliphatic rings. The smallest absolute Gasteiger partial charge is 0.288 e. The Hall–Kier alpha value is -2.72. The molecule has 39 heavy (non-hydrogen) atoms. The van der Waals surface area contributed by atoms with Crippen molar-refractivity contribution in [1.82, 2.24) is 4.90 Å². The van der Waals surface area contributed by atoms with E-state index in [1.807, 2.05) is 24.0 Å². The summed E-state index contributed by atoms with van der Waals surface area (Å²) in [6.07, 6.45) is 8.45. The highest BCUT2D eigenvalue weighted by atomic mass is 16.7. The maximum absolute atomic E-state index is 13.7. The molecule has 4 rings (SSSR count). The number of carbonyl (C=O) groups excluding carboxylic acids is 1. The van der Waals surface area contributed by atoms with Gasteiger partial charge >= 0.3 is 0 Å². The van der Waals surface area contributed by atoms with Gasteiger partial charge in [-0.2, -0.15) is 0 Å². The molecule has 214 valence electrons. The number of rotatable bonds is 12. The highest BCUT2D eigenvalue weighted by Gasteiger charge is 2.40. The molecule has 3 atom stereocenters. The van der Waals surface area contributed by atoms with Crippen molar-refractivity contribution in [3.63, 3.8) is 0 Å². The number of benzene rings is 1. The van der Waals surface area contributed by atoms with Crippen molar-refractivity contribution in [2.75, 3.05) is 52.7 Å². The largest absolute Gasteiger partial charge is 0.464 e. The topological polar surface area (TPSA) is 108 Å². The lowest BCUT2D eigenvalue weighted by Gasteiger charge is -2.37. The van der Waals surface area contributed by atoms with Crippen molar-refractivity contribution in [1.29, 1.82) is 0 Å². The second kappa shape index (κ2) is 15.2. The van der Waals surface area contributed by atoms with E-state index in [0.29, 0.717) is 62.5 Å². The Kier molecular flexibility index (Phi) is 11.4. The van der Waals surface area contributed by atoms with Gasteiger partial charge in [0.2, 0.25) is 6.29 Å². The number of para-hydroxylation sites is 1. The molecule has 0 radical (unpaired) electrons. The number of aliphatic hydroxyl groups excluding tert-OH is 1. The van der Waals surface area contributed by atoms with Crippen LogP contribution in [0, 0.1) is 5.92 Å². The van der Waals surface area contributed by atoms with Gasteiger partial charge in [0.05, 0.1) is 38.1 Å². The number of fused-ring (bicyclic) bond motifs is 1. The number of hydrogen-bond donors (Lipinski definition) is 1. The van der Waals surface area contributed by atoms with Crippen LogP contribution in [0.25, 0.3) is 11.0 Å². The minimum atomic E-state index is -0.723. The molecule has 1 saturated heterocycles. The Balaban J connectivity index is 1.63. The summed E-state index contributed by atoms with van der Waals surface area (Å²) in [7, 11) is 0. The number of allylic oxidation sites excluding steroid dienone is 1. The summed E-state index contributed by atoms with van der Waals surface area (Å²) in [5, 5.41) is 9.35. The highest BCUT2D eigenvalue weighted by Crippen LogP contribution is 2.38. The van der Waals surface area contributed by atoms with Gasteiger partial charge in [-0.05, 0) is 44.4 Å². The Labute approximate surface area is 229 Å². The first-order chi connectivity index (χ1) is 19.1. The van der Waals surface area contributed by atoms with Crippen LogP contribution in [0.5, 0.6) is 0 Å². The summed E-state index contributed by atoms with van der Waals surface area (Å²) in [6, 6.07) is 7.16. The fourth-order valence-electron chi connectivity index (χ4n) is 5.32. The average Bonchev–Trinajstić information content (AvgIpc) is 2.93. The van der Waals surface area contributed by atoms with Gasteiger partial charge < -0.3 is 33.4 Å². The van der Waals surface area contributed by atoms with Gasteiger partial charge in [0.25, 0.3) is 5.91 Å². The van der Waals surface area contributed by atoms with Crippen LogP contribution >= 0.6 is 0 Å². The third kappa shape index (κ3) is 7.69. The summed E-state index contributed by atoms with van der Waals surface area (Å²) in [6.45, 7) is 5.04. The maximum Gasteiger partial charge on any atom is 0.288 e. The third-order valence-corrected chi connectivity index (χ3v) is 7.34. The van der Waals surface area contributed by atoms with Crippen LogP contribution < -0.4 is 5.43 Å². The van der Waals surface area contributed by atoms with Gasteiger partial charge in [0.15, 0.2) is 11.2 Å². The summed E-state index contributed by atoms with van der Waals surface area (Å²) in [5.74, 6) is -0.677. The van der Waals surface area contributed by atoms with Gasteiger partial charge in [-0.3, -0.25) is 9.59 Å². The number of ether oxygens (including phenoxy) is 4.